The summed E-state index contributed by atoms with van der Waals surface area (Å²) in [6.07, 6.45) is 12.7. The highest BCUT2D eigenvalue weighted by molar-refractivity contribution is 5.89. The van der Waals surface area contributed by atoms with E-state index in [1.54, 1.807) is 18.5 Å². The van der Waals surface area contributed by atoms with Gasteiger partial charge in [0.15, 0.2) is 0 Å². The van der Waals surface area contributed by atoms with Gasteiger partial charge in [0.2, 0.25) is 11.8 Å². The fraction of sp³-hybridized carbons (Fsp3) is 0.346. The van der Waals surface area contributed by atoms with Crippen molar-refractivity contribution in [2.24, 2.45) is 5.92 Å². The van der Waals surface area contributed by atoms with E-state index in [1.807, 2.05) is 21.9 Å². The van der Waals surface area contributed by atoms with Gasteiger partial charge in [-0.15, -0.1) is 6.58 Å². The van der Waals surface area contributed by atoms with Crippen molar-refractivity contribution in [3.63, 3.8) is 0 Å². The third-order valence-corrected chi connectivity index (χ3v) is 6.20. The van der Waals surface area contributed by atoms with Crippen molar-refractivity contribution in [2.45, 2.75) is 31.7 Å². The van der Waals surface area contributed by atoms with Crippen LogP contribution in [0.5, 0.6) is 0 Å². The summed E-state index contributed by atoms with van der Waals surface area (Å²) in [4.78, 5) is 34.0. The Labute approximate surface area is 184 Å². The van der Waals surface area contributed by atoms with Crippen LogP contribution in [-0.4, -0.2) is 52.3 Å². The highest BCUT2D eigenvalue weighted by Gasteiger charge is 2.37. The molecule has 160 valence electrons. The first-order valence-corrected chi connectivity index (χ1v) is 11.0. The molecule has 2 aromatic rings. The van der Waals surface area contributed by atoms with E-state index >= 15 is 0 Å². The second-order valence-electron chi connectivity index (χ2n) is 8.28. The zero-order chi connectivity index (χ0) is 21.6. The minimum atomic E-state index is -0.460. The lowest BCUT2D eigenvalue weighted by Gasteiger charge is -2.41. The van der Waals surface area contributed by atoms with Crippen molar-refractivity contribution in [3.8, 4) is 11.1 Å². The van der Waals surface area contributed by atoms with Crippen LogP contribution in [0.2, 0.25) is 0 Å². The fourth-order valence-corrected chi connectivity index (χ4v) is 4.48. The summed E-state index contributed by atoms with van der Waals surface area (Å²) in [7, 11) is 0. The van der Waals surface area contributed by atoms with Crippen molar-refractivity contribution < 1.29 is 9.59 Å². The molecule has 2 aliphatic rings. The molecule has 0 spiro atoms. The van der Waals surface area contributed by atoms with Gasteiger partial charge in [-0.05, 0) is 47.6 Å². The summed E-state index contributed by atoms with van der Waals surface area (Å²) in [6.45, 7) is 5.43. The molecule has 4 rings (SSSR count). The number of allylic oxidation sites excluding steroid dienone is 2. The third kappa shape index (κ3) is 4.93. The van der Waals surface area contributed by atoms with E-state index in [2.05, 4.69) is 48.0 Å². The number of carbonyl (C=O) groups excluding carboxylic acids is 2. The topological polar surface area (TPSA) is 53.5 Å². The van der Waals surface area contributed by atoms with Gasteiger partial charge < -0.3 is 9.80 Å². The smallest absolute Gasteiger partial charge is 0.246 e. The quantitative estimate of drug-likeness (QED) is 0.645. The van der Waals surface area contributed by atoms with Gasteiger partial charge in [-0.2, -0.15) is 0 Å². The maximum atomic E-state index is 13.2. The normalized spacial score (nSPS) is 20.8. The molecule has 2 atom stereocenters. The molecule has 31 heavy (non-hydrogen) atoms. The van der Waals surface area contributed by atoms with E-state index in [4.69, 9.17) is 0 Å². The molecule has 0 radical (unpaired) electrons. The third-order valence-electron chi connectivity index (χ3n) is 6.20. The molecule has 0 N–H and O–H groups in total. The van der Waals surface area contributed by atoms with Gasteiger partial charge in [0.25, 0.3) is 0 Å². The van der Waals surface area contributed by atoms with Crippen LogP contribution in [0.3, 0.4) is 0 Å². The first-order chi connectivity index (χ1) is 15.2. The molecule has 0 bridgehead atoms. The van der Waals surface area contributed by atoms with Gasteiger partial charge in [0.1, 0.15) is 6.04 Å². The van der Waals surface area contributed by atoms with E-state index < -0.39 is 6.04 Å². The van der Waals surface area contributed by atoms with Crippen molar-refractivity contribution in [1.82, 2.24) is 14.8 Å². The minimum absolute atomic E-state index is 0.0136. The van der Waals surface area contributed by atoms with Gasteiger partial charge in [0.05, 0.1) is 0 Å². The number of piperazine rings is 1. The summed E-state index contributed by atoms with van der Waals surface area (Å²) < 4.78 is 0. The Morgan fingerprint density at radius 1 is 1.10 bits per heavy atom. The highest BCUT2D eigenvalue weighted by atomic mass is 16.2. The summed E-state index contributed by atoms with van der Waals surface area (Å²) >= 11 is 0. The lowest BCUT2D eigenvalue weighted by atomic mass is 9.97. The first-order valence-electron chi connectivity index (χ1n) is 11.0. The molecular weight excluding hydrogens is 386 g/mol. The van der Waals surface area contributed by atoms with Crippen LogP contribution in [0, 0.1) is 5.92 Å². The van der Waals surface area contributed by atoms with Crippen molar-refractivity contribution in [1.29, 1.82) is 0 Å². The lowest BCUT2D eigenvalue weighted by Crippen LogP contribution is -2.59. The Hall–Kier alpha value is -3.21. The molecule has 1 saturated heterocycles. The average Bonchev–Trinajstić information content (AvgIpc) is 3.31. The molecule has 1 aliphatic carbocycles. The summed E-state index contributed by atoms with van der Waals surface area (Å²) in [6, 6.07) is 11.7. The number of carbonyl (C=O) groups is 2. The number of amides is 2. The van der Waals surface area contributed by atoms with E-state index in [9.17, 15) is 9.59 Å². The Kier molecular flexibility index (Phi) is 6.60. The predicted octanol–water partition coefficient (Wildman–Crippen LogP) is 3.87. The van der Waals surface area contributed by atoms with Crippen molar-refractivity contribution in [3.05, 3.63) is 79.2 Å². The second kappa shape index (κ2) is 9.73. The molecule has 0 unspecified atom stereocenters. The SMILES string of the molecule is C=CCN1CCN(C(=O)C[C@H]2C=CCC2)[C@H](Cc2ccc(-c3ccncc3)cc2)C1=O. The van der Waals surface area contributed by atoms with Gasteiger partial charge in [-0.3, -0.25) is 14.6 Å². The van der Waals surface area contributed by atoms with Crippen LogP contribution in [0.15, 0.2) is 73.6 Å². The fourth-order valence-electron chi connectivity index (χ4n) is 4.48. The number of hydrogen-bond donors (Lipinski definition) is 0. The van der Waals surface area contributed by atoms with Crippen LogP contribution in [0.4, 0.5) is 0 Å². The summed E-state index contributed by atoms with van der Waals surface area (Å²) in [5.74, 6) is 0.398. The number of rotatable bonds is 7. The largest absolute Gasteiger partial charge is 0.335 e. The number of pyridine rings is 1. The Balaban J connectivity index is 1.51. The molecule has 2 heterocycles. The Bertz CT molecular complexity index is 952. The number of hydrogen-bond acceptors (Lipinski definition) is 3. The van der Waals surface area contributed by atoms with Gasteiger partial charge >= 0.3 is 0 Å². The van der Waals surface area contributed by atoms with Crippen LogP contribution >= 0.6 is 0 Å². The monoisotopic (exact) mass is 415 g/mol. The molecule has 1 aliphatic heterocycles. The number of aromatic nitrogens is 1. The van der Waals surface area contributed by atoms with E-state index in [-0.39, 0.29) is 11.8 Å². The standard InChI is InChI=1S/C26H29N3O2/c1-2-15-28-16-17-29(25(30)19-20-5-3-4-6-20)24(26(28)31)18-21-7-9-22(10-8-21)23-11-13-27-14-12-23/h2-3,5,7-14,20,24H,1,4,6,15-19H2/t20-,24+/m0/s1. The zero-order valence-electron chi connectivity index (χ0n) is 17.8. The van der Waals surface area contributed by atoms with Crippen molar-refractivity contribution >= 4 is 11.8 Å². The minimum Gasteiger partial charge on any atom is -0.335 e. The molecule has 1 aromatic heterocycles. The number of benzene rings is 1. The van der Waals surface area contributed by atoms with Crippen LogP contribution in [-0.2, 0) is 16.0 Å². The predicted molar refractivity (Wildman–Crippen MR) is 122 cm³/mol. The van der Waals surface area contributed by atoms with Gasteiger partial charge in [0, 0.05) is 44.9 Å². The maximum Gasteiger partial charge on any atom is 0.246 e. The van der Waals surface area contributed by atoms with Gasteiger partial charge in [-0.25, -0.2) is 0 Å². The maximum absolute atomic E-state index is 13.2. The molecule has 5 nitrogen and oxygen atoms in total. The van der Waals surface area contributed by atoms with E-state index in [0.717, 1.165) is 29.5 Å². The van der Waals surface area contributed by atoms with Crippen molar-refractivity contribution in [2.75, 3.05) is 19.6 Å². The van der Waals surface area contributed by atoms with E-state index in [0.29, 0.717) is 38.4 Å². The molecule has 1 aromatic carbocycles. The molecule has 0 saturated carbocycles. The van der Waals surface area contributed by atoms with E-state index in [1.165, 1.54) is 0 Å². The molecule has 5 heteroatoms. The Morgan fingerprint density at radius 2 is 1.84 bits per heavy atom. The second-order valence-corrected chi connectivity index (χ2v) is 8.28. The molecule has 2 amide bonds. The summed E-state index contributed by atoms with van der Waals surface area (Å²) in [5, 5.41) is 0. The summed E-state index contributed by atoms with van der Waals surface area (Å²) in [5.41, 5.74) is 3.26. The van der Waals surface area contributed by atoms with Crippen LogP contribution in [0.1, 0.15) is 24.8 Å². The number of nitrogens with zero attached hydrogens (tertiary/aromatic N) is 3. The van der Waals surface area contributed by atoms with Crippen LogP contribution in [0.25, 0.3) is 11.1 Å². The first kappa shape index (κ1) is 21.0. The molecule has 1 fully saturated rings. The zero-order valence-corrected chi connectivity index (χ0v) is 17.8. The molecular formula is C26H29N3O2. The average molecular weight is 416 g/mol. The van der Waals surface area contributed by atoms with Gasteiger partial charge in [-0.1, -0.05) is 42.5 Å². The Morgan fingerprint density at radius 3 is 2.52 bits per heavy atom. The highest BCUT2D eigenvalue weighted by Crippen LogP contribution is 2.25. The van der Waals surface area contributed by atoms with Crippen LogP contribution < -0.4 is 0 Å². The lowest BCUT2D eigenvalue weighted by molar-refractivity contribution is -0.151.